The molecule has 0 aliphatic carbocycles. The number of nitrogens with zero attached hydrogens (tertiary/aromatic N) is 2. The minimum absolute atomic E-state index is 0.335. The second-order valence-corrected chi connectivity index (χ2v) is 3.43. The van der Waals surface area contributed by atoms with Gasteiger partial charge >= 0.3 is 11.7 Å². The van der Waals surface area contributed by atoms with Crippen molar-refractivity contribution < 1.29 is 14.8 Å². The average molecular weight is 239 g/mol. The fourth-order valence-corrected chi connectivity index (χ4v) is 1.25. The third kappa shape index (κ3) is 3.40. The maximum absolute atomic E-state index is 10.8. The second-order valence-electron chi connectivity index (χ2n) is 3.43. The maximum Gasteiger partial charge on any atom is 0.342 e. The van der Waals surface area contributed by atoms with Gasteiger partial charge in [0.1, 0.15) is 17.6 Å². The third-order valence-corrected chi connectivity index (χ3v) is 2.15. The highest BCUT2D eigenvalue weighted by Crippen LogP contribution is 2.20. The molecule has 0 fully saturated rings. The van der Waals surface area contributed by atoms with Crippen LogP contribution in [0.25, 0.3) is 0 Å². The van der Waals surface area contributed by atoms with Gasteiger partial charge in [-0.1, -0.05) is 13.3 Å². The van der Waals surface area contributed by atoms with Crippen molar-refractivity contribution in [2.75, 3.05) is 11.9 Å². The van der Waals surface area contributed by atoms with E-state index in [1.807, 2.05) is 6.92 Å². The number of anilines is 1. The van der Waals surface area contributed by atoms with Crippen molar-refractivity contribution in [1.82, 2.24) is 4.98 Å². The summed E-state index contributed by atoms with van der Waals surface area (Å²) in [4.78, 5) is 24.5. The molecule has 1 aromatic heterocycles. The lowest BCUT2D eigenvalue weighted by atomic mass is 10.2. The Bertz CT molecular complexity index is 434. The number of rotatable bonds is 6. The standard InChI is InChI=1S/C10H13N3O4/c1-2-3-4-11-9-5-7(10(14)15)8(6-12-9)13(16)17/h5-6H,2-4H2,1H3,(H,11,12)(H,14,15). The molecule has 0 amide bonds. The first-order chi connectivity index (χ1) is 8.06. The predicted octanol–water partition coefficient (Wildman–Crippen LogP) is 1.90. The summed E-state index contributed by atoms with van der Waals surface area (Å²) in [5, 5.41) is 22.3. The molecule has 0 aliphatic rings. The van der Waals surface area contributed by atoms with Gasteiger partial charge < -0.3 is 10.4 Å². The van der Waals surface area contributed by atoms with Gasteiger partial charge in [-0.3, -0.25) is 10.1 Å². The molecule has 92 valence electrons. The van der Waals surface area contributed by atoms with Gasteiger partial charge in [-0.05, 0) is 6.42 Å². The van der Waals surface area contributed by atoms with Gasteiger partial charge in [-0.25, -0.2) is 9.78 Å². The predicted molar refractivity (Wildman–Crippen MR) is 61.2 cm³/mol. The Morgan fingerprint density at radius 2 is 2.35 bits per heavy atom. The summed E-state index contributed by atoms with van der Waals surface area (Å²) in [6, 6.07) is 1.18. The van der Waals surface area contributed by atoms with E-state index < -0.39 is 16.6 Å². The monoisotopic (exact) mass is 239 g/mol. The summed E-state index contributed by atoms with van der Waals surface area (Å²) < 4.78 is 0. The van der Waals surface area contributed by atoms with Crippen LogP contribution >= 0.6 is 0 Å². The first-order valence-corrected chi connectivity index (χ1v) is 5.17. The van der Waals surface area contributed by atoms with Crippen molar-refractivity contribution in [3.05, 3.63) is 27.9 Å². The van der Waals surface area contributed by atoms with Gasteiger partial charge in [0, 0.05) is 12.6 Å². The molecule has 0 aliphatic heterocycles. The molecule has 0 atom stereocenters. The molecule has 17 heavy (non-hydrogen) atoms. The van der Waals surface area contributed by atoms with Gasteiger partial charge in [0.15, 0.2) is 0 Å². The summed E-state index contributed by atoms with van der Waals surface area (Å²) in [7, 11) is 0. The number of aromatic carboxylic acids is 1. The molecule has 0 aromatic carbocycles. The summed E-state index contributed by atoms with van der Waals surface area (Å²) in [5.74, 6) is -1.00. The van der Waals surface area contributed by atoms with Crippen molar-refractivity contribution in [2.24, 2.45) is 0 Å². The van der Waals surface area contributed by atoms with E-state index in [4.69, 9.17) is 5.11 Å². The lowest BCUT2D eigenvalue weighted by molar-refractivity contribution is -0.385. The number of pyridine rings is 1. The van der Waals surface area contributed by atoms with Crippen LogP contribution in [0.4, 0.5) is 11.5 Å². The fourth-order valence-electron chi connectivity index (χ4n) is 1.25. The normalized spacial score (nSPS) is 9.94. The van der Waals surface area contributed by atoms with Crippen molar-refractivity contribution in [3.8, 4) is 0 Å². The number of carboxylic acids is 1. The Kier molecular flexibility index (Phi) is 4.38. The molecule has 0 unspecified atom stereocenters. The van der Waals surface area contributed by atoms with E-state index in [1.54, 1.807) is 0 Å². The highest BCUT2D eigenvalue weighted by molar-refractivity contribution is 5.93. The molecular formula is C10H13N3O4. The maximum atomic E-state index is 10.8. The molecule has 1 aromatic rings. The number of hydrogen-bond donors (Lipinski definition) is 2. The van der Waals surface area contributed by atoms with E-state index in [2.05, 4.69) is 10.3 Å². The highest BCUT2D eigenvalue weighted by atomic mass is 16.6. The third-order valence-electron chi connectivity index (χ3n) is 2.15. The van der Waals surface area contributed by atoms with Crippen LogP contribution in [-0.2, 0) is 0 Å². The van der Waals surface area contributed by atoms with Crippen molar-refractivity contribution >= 4 is 17.5 Å². The molecule has 2 N–H and O–H groups in total. The zero-order chi connectivity index (χ0) is 12.8. The molecule has 0 saturated heterocycles. The number of hydrogen-bond acceptors (Lipinski definition) is 5. The van der Waals surface area contributed by atoms with Gasteiger partial charge in [0.05, 0.1) is 4.92 Å². The minimum atomic E-state index is -1.34. The zero-order valence-electron chi connectivity index (χ0n) is 9.34. The molecular weight excluding hydrogens is 226 g/mol. The Hall–Kier alpha value is -2.18. The molecule has 1 rings (SSSR count). The molecule has 1 heterocycles. The Balaban J connectivity index is 2.94. The van der Waals surface area contributed by atoms with Gasteiger partial charge in [0.2, 0.25) is 0 Å². The van der Waals surface area contributed by atoms with Crippen LogP contribution in [0, 0.1) is 10.1 Å². The summed E-state index contributed by atoms with van der Waals surface area (Å²) in [6.07, 6.45) is 2.87. The van der Waals surface area contributed by atoms with Gasteiger partial charge in [-0.2, -0.15) is 0 Å². The minimum Gasteiger partial charge on any atom is -0.477 e. The largest absolute Gasteiger partial charge is 0.477 e. The van der Waals surface area contributed by atoms with E-state index in [9.17, 15) is 14.9 Å². The van der Waals surface area contributed by atoms with E-state index in [-0.39, 0.29) is 5.56 Å². The highest BCUT2D eigenvalue weighted by Gasteiger charge is 2.20. The van der Waals surface area contributed by atoms with Crippen molar-refractivity contribution in [1.29, 1.82) is 0 Å². The lowest BCUT2D eigenvalue weighted by Crippen LogP contribution is -2.08. The number of carbonyl (C=O) groups is 1. The summed E-state index contributed by atoms with van der Waals surface area (Å²) >= 11 is 0. The van der Waals surface area contributed by atoms with E-state index >= 15 is 0 Å². The molecule has 0 bridgehead atoms. The zero-order valence-corrected chi connectivity index (χ0v) is 9.34. The van der Waals surface area contributed by atoms with Crippen molar-refractivity contribution in [2.45, 2.75) is 19.8 Å². The second kappa shape index (κ2) is 5.78. The quantitative estimate of drug-likeness (QED) is 0.446. The van der Waals surface area contributed by atoms with Crippen molar-refractivity contribution in [3.63, 3.8) is 0 Å². The van der Waals surface area contributed by atoms with E-state index in [1.165, 1.54) is 6.07 Å². The van der Waals surface area contributed by atoms with Crippen LogP contribution in [0.2, 0.25) is 0 Å². The Labute approximate surface area is 97.6 Å². The first-order valence-electron chi connectivity index (χ1n) is 5.17. The summed E-state index contributed by atoms with van der Waals surface area (Å²) in [6.45, 7) is 2.67. The first kappa shape index (κ1) is 12.9. The SMILES string of the molecule is CCCCNc1cc(C(=O)O)c([N+](=O)[O-])cn1. The smallest absolute Gasteiger partial charge is 0.342 e. The van der Waals surface area contributed by atoms with Crippen LogP contribution in [0.1, 0.15) is 30.1 Å². The van der Waals surface area contributed by atoms with Gasteiger partial charge in [-0.15, -0.1) is 0 Å². The summed E-state index contributed by atoms with van der Waals surface area (Å²) in [5.41, 5.74) is -0.859. The molecule has 0 radical (unpaired) electrons. The average Bonchev–Trinajstić information content (AvgIpc) is 2.29. The van der Waals surface area contributed by atoms with Crippen LogP contribution < -0.4 is 5.32 Å². The number of nitro groups is 1. The van der Waals surface area contributed by atoms with E-state index in [0.29, 0.717) is 12.4 Å². The number of unbranched alkanes of at least 4 members (excludes halogenated alkanes) is 1. The van der Waals surface area contributed by atoms with Crippen LogP contribution in [0.5, 0.6) is 0 Å². The number of nitrogens with one attached hydrogen (secondary N) is 1. The Morgan fingerprint density at radius 1 is 1.65 bits per heavy atom. The van der Waals surface area contributed by atoms with Gasteiger partial charge in [0.25, 0.3) is 0 Å². The van der Waals surface area contributed by atoms with E-state index in [0.717, 1.165) is 19.0 Å². The Morgan fingerprint density at radius 3 is 2.88 bits per heavy atom. The molecule has 0 saturated carbocycles. The number of aromatic nitrogens is 1. The molecule has 7 heteroatoms. The lowest BCUT2D eigenvalue weighted by Gasteiger charge is -2.05. The topological polar surface area (TPSA) is 105 Å². The van der Waals surface area contributed by atoms with Crippen LogP contribution in [-0.4, -0.2) is 27.5 Å². The number of carboxylic acid groups (broad SMARTS) is 1. The van der Waals surface area contributed by atoms with Crippen LogP contribution in [0.3, 0.4) is 0 Å². The van der Waals surface area contributed by atoms with Crippen LogP contribution in [0.15, 0.2) is 12.3 Å². The molecule has 7 nitrogen and oxygen atoms in total. The molecule has 0 spiro atoms. The fraction of sp³-hybridized carbons (Fsp3) is 0.400.